The average molecular weight is 293 g/mol. The van der Waals surface area contributed by atoms with Crippen molar-refractivity contribution in [2.24, 2.45) is 0 Å². The zero-order valence-electron chi connectivity index (χ0n) is 10.8. The Morgan fingerprint density at radius 3 is 2.47 bits per heavy atom. The summed E-state index contributed by atoms with van der Waals surface area (Å²) in [5.41, 5.74) is 2.37. The molecular formula is C16H17ClOS. The van der Waals surface area contributed by atoms with Crippen molar-refractivity contribution >= 4 is 23.4 Å². The molecule has 1 unspecified atom stereocenters. The Morgan fingerprint density at radius 2 is 1.79 bits per heavy atom. The first-order valence-corrected chi connectivity index (χ1v) is 7.62. The summed E-state index contributed by atoms with van der Waals surface area (Å²) < 4.78 is 0. The van der Waals surface area contributed by atoms with Crippen LogP contribution in [0.15, 0.2) is 53.4 Å². The van der Waals surface area contributed by atoms with Gasteiger partial charge in [-0.1, -0.05) is 41.9 Å². The van der Waals surface area contributed by atoms with E-state index >= 15 is 0 Å². The summed E-state index contributed by atoms with van der Waals surface area (Å²) in [6.45, 7) is 2.09. The van der Waals surface area contributed by atoms with E-state index in [9.17, 15) is 5.11 Å². The molecule has 3 heteroatoms. The monoisotopic (exact) mass is 292 g/mol. The minimum atomic E-state index is -0.342. The zero-order valence-corrected chi connectivity index (χ0v) is 12.4. The maximum Gasteiger partial charge on any atom is 0.0674 e. The molecule has 0 fully saturated rings. The molecule has 0 radical (unpaired) electrons. The van der Waals surface area contributed by atoms with Crippen LogP contribution in [0.2, 0.25) is 5.02 Å². The van der Waals surface area contributed by atoms with Crippen LogP contribution in [0.3, 0.4) is 0 Å². The quantitative estimate of drug-likeness (QED) is 0.827. The Bertz CT molecular complexity index is 525. The van der Waals surface area contributed by atoms with Crippen LogP contribution >= 0.6 is 23.4 Å². The molecule has 0 saturated heterocycles. The summed E-state index contributed by atoms with van der Waals surface area (Å²) in [5.74, 6) is 0.702. The van der Waals surface area contributed by atoms with Gasteiger partial charge in [-0.25, -0.2) is 0 Å². The van der Waals surface area contributed by atoms with Crippen molar-refractivity contribution in [3.63, 3.8) is 0 Å². The molecule has 0 aliphatic carbocycles. The number of rotatable bonds is 5. The predicted octanol–water partition coefficient (Wildman–Crippen LogP) is 4.34. The molecule has 19 heavy (non-hydrogen) atoms. The molecule has 0 bridgehead atoms. The highest BCUT2D eigenvalue weighted by Crippen LogP contribution is 2.23. The van der Waals surface area contributed by atoms with Crippen molar-refractivity contribution in [3.8, 4) is 0 Å². The molecule has 100 valence electrons. The van der Waals surface area contributed by atoms with E-state index in [0.717, 1.165) is 10.6 Å². The van der Waals surface area contributed by atoms with Crippen molar-refractivity contribution in [2.45, 2.75) is 24.3 Å². The second kappa shape index (κ2) is 6.99. The van der Waals surface area contributed by atoms with Crippen LogP contribution in [0.1, 0.15) is 11.1 Å². The Hall–Kier alpha value is -0.960. The van der Waals surface area contributed by atoms with E-state index < -0.39 is 0 Å². The minimum Gasteiger partial charge on any atom is -0.392 e. The number of aliphatic hydroxyl groups is 1. The molecule has 0 aliphatic rings. The molecule has 0 spiro atoms. The van der Waals surface area contributed by atoms with Gasteiger partial charge in [-0.05, 0) is 42.7 Å². The Balaban J connectivity index is 1.86. The Labute approximate surface area is 123 Å². The van der Waals surface area contributed by atoms with Gasteiger partial charge in [0, 0.05) is 15.7 Å². The van der Waals surface area contributed by atoms with Gasteiger partial charge in [0.1, 0.15) is 0 Å². The van der Waals surface area contributed by atoms with Crippen molar-refractivity contribution in [1.82, 2.24) is 0 Å². The highest BCUT2D eigenvalue weighted by atomic mass is 35.5. The molecule has 1 atom stereocenters. The van der Waals surface area contributed by atoms with Crippen molar-refractivity contribution in [1.29, 1.82) is 0 Å². The summed E-state index contributed by atoms with van der Waals surface area (Å²) in [6, 6.07) is 15.9. The third kappa shape index (κ3) is 4.57. The second-order valence-corrected chi connectivity index (χ2v) is 6.06. The van der Waals surface area contributed by atoms with Crippen LogP contribution in [0, 0.1) is 6.92 Å². The van der Waals surface area contributed by atoms with Gasteiger partial charge in [-0.2, -0.15) is 0 Å². The molecule has 1 nitrogen and oxygen atoms in total. The standard InChI is InChI=1S/C16H17ClOS/c1-12-4-2-3-5-16(12)19-11-15(18)10-13-6-8-14(17)9-7-13/h2-9,15,18H,10-11H2,1H3. The first-order chi connectivity index (χ1) is 9.15. The van der Waals surface area contributed by atoms with Gasteiger partial charge in [0.15, 0.2) is 0 Å². The smallest absolute Gasteiger partial charge is 0.0674 e. The number of halogens is 1. The summed E-state index contributed by atoms with van der Waals surface area (Å²) in [6.07, 6.45) is 0.321. The zero-order chi connectivity index (χ0) is 13.7. The maximum atomic E-state index is 10.1. The average Bonchev–Trinajstić information content (AvgIpc) is 2.40. The van der Waals surface area contributed by atoms with Gasteiger partial charge in [-0.3, -0.25) is 0 Å². The first kappa shape index (κ1) is 14.4. The van der Waals surface area contributed by atoms with E-state index in [1.165, 1.54) is 10.5 Å². The summed E-state index contributed by atoms with van der Waals surface area (Å²) in [4.78, 5) is 1.23. The molecule has 0 heterocycles. The van der Waals surface area contributed by atoms with Crippen LogP contribution in [0.25, 0.3) is 0 Å². The first-order valence-electron chi connectivity index (χ1n) is 6.26. The summed E-state index contributed by atoms with van der Waals surface area (Å²) >= 11 is 7.54. The van der Waals surface area contributed by atoms with Gasteiger partial charge in [-0.15, -0.1) is 11.8 Å². The lowest BCUT2D eigenvalue weighted by Gasteiger charge is -2.11. The van der Waals surface area contributed by atoms with E-state index in [1.54, 1.807) is 11.8 Å². The summed E-state index contributed by atoms with van der Waals surface area (Å²) in [7, 11) is 0. The minimum absolute atomic E-state index is 0.342. The molecular weight excluding hydrogens is 276 g/mol. The largest absolute Gasteiger partial charge is 0.392 e. The predicted molar refractivity (Wildman–Crippen MR) is 83.1 cm³/mol. The van der Waals surface area contributed by atoms with Gasteiger partial charge in [0.05, 0.1) is 6.10 Å². The highest BCUT2D eigenvalue weighted by molar-refractivity contribution is 7.99. The molecule has 0 saturated carbocycles. The number of benzene rings is 2. The molecule has 2 rings (SSSR count). The van der Waals surface area contributed by atoms with Crippen LogP contribution in [0.4, 0.5) is 0 Å². The third-order valence-electron chi connectivity index (χ3n) is 2.91. The molecule has 0 aliphatic heterocycles. The van der Waals surface area contributed by atoms with Crippen molar-refractivity contribution in [2.75, 3.05) is 5.75 Å². The molecule has 1 N–H and O–H groups in total. The van der Waals surface area contributed by atoms with Crippen molar-refractivity contribution < 1.29 is 5.11 Å². The van der Waals surface area contributed by atoms with Gasteiger partial charge >= 0.3 is 0 Å². The normalized spacial score (nSPS) is 12.4. The number of thioether (sulfide) groups is 1. The van der Waals surface area contributed by atoms with Gasteiger partial charge < -0.3 is 5.11 Å². The molecule has 2 aromatic rings. The van der Waals surface area contributed by atoms with Crippen LogP contribution in [-0.4, -0.2) is 17.0 Å². The maximum absolute atomic E-state index is 10.1. The topological polar surface area (TPSA) is 20.2 Å². The number of aliphatic hydroxyl groups excluding tert-OH is 1. The Morgan fingerprint density at radius 1 is 1.11 bits per heavy atom. The SMILES string of the molecule is Cc1ccccc1SCC(O)Cc1ccc(Cl)cc1. The van der Waals surface area contributed by atoms with Gasteiger partial charge in [0.25, 0.3) is 0 Å². The van der Waals surface area contributed by atoms with E-state index in [1.807, 2.05) is 36.4 Å². The molecule has 0 aromatic heterocycles. The van der Waals surface area contributed by atoms with Crippen LogP contribution < -0.4 is 0 Å². The van der Waals surface area contributed by atoms with Crippen LogP contribution in [-0.2, 0) is 6.42 Å². The fourth-order valence-corrected chi connectivity index (χ4v) is 2.94. The van der Waals surface area contributed by atoms with Crippen molar-refractivity contribution in [3.05, 3.63) is 64.7 Å². The lowest BCUT2D eigenvalue weighted by Crippen LogP contribution is -2.13. The second-order valence-electron chi connectivity index (χ2n) is 4.56. The van der Waals surface area contributed by atoms with E-state index in [4.69, 9.17) is 11.6 Å². The fourth-order valence-electron chi connectivity index (χ4n) is 1.86. The summed E-state index contributed by atoms with van der Waals surface area (Å²) in [5, 5.41) is 10.8. The number of hydrogen-bond donors (Lipinski definition) is 1. The fraction of sp³-hybridized carbons (Fsp3) is 0.250. The van der Waals surface area contributed by atoms with E-state index in [0.29, 0.717) is 12.2 Å². The lowest BCUT2D eigenvalue weighted by atomic mass is 10.1. The molecule has 2 aromatic carbocycles. The Kier molecular flexibility index (Phi) is 5.32. The lowest BCUT2D eigenvalue weighted by molar-refractivity contribution is 0.200. The highest BCUT2D eigenvalue weighted by Gasteiger charge is 2.07. The third-order valence-corrected chi connectivity index (χ3v) is 4.48. The van der Waals surface area contributed by atoms with E-state index in [2.05, 4.69) is 19.1 Å². The van der Waals surface area contributed by atoms with Gasteiger partial charge in [0.2, 0.25) is 0 Å². The number of aryl methyl sites for hydroxylation is 1. The number of hydrogen-bond acceptors (Lipinski definition) is 2. The van der Waals surface area contributed by atoms with E-state index in [-0.39, 0.29) is 6.10 Å². The molecule has 0 amide bonds. The van der Waals surface area contributed by atoms with Crippen LogP contribution in [0.5, 0.6) is 0 Å².